The van der Waals surface area contributed by atoms with Crippen LogP contribution in [0.5, 0.6) is 5.75 Å². The fourth-order valence-electron chi connectivity index (χ4n) is 2.22. The van der Waals surface area contributed by atoms with E-state index in [0.717, 1.165) is 38.5 Å². The van der Waals surface area contributed by atoms with Crippen molar-refractivity contribution in [2.24, 2.45) is 0 Å². The number of nitrogens with one attached hydrogen (secondary N) is 1. The zero-order valence-electron chi connectivity index (χ0n) is 10.8. The van der Waals surface area contributed by atoms with E-state index >= 15 is 0 Å². The van der Waals surface area contributed by atoms with Gasteiger partial charge in [0, 0.05) is 32.2 Å². The highest BCUT2D eigenvalue weighted by atomic mass is 16.5. The van der Waals surface area contributed by atoms with Crippen LogP contribution in [0.3, 0.4) is 0 Å². The fraction of sp³-hybridized carbons (Fsp3) is 0.571. The Balaban J connectivity index is 1.74. The second-order valence-corrected chi connectivity index (χ2v) is 4.77. The third kappa shape index (κ3) is 3.72. The van der Waals surface area contributed by atoms with Gasteiger partial charge in [-0.2, -0.15) is 0 Å². The second-order valence-electron chi connectivity index (χ2n) is 4.77. The zero-order chi connectivity index (χ0) is 12.1. The van der Waals surface area contributed by atoms with Crippen LogP contribution in [0.2, 0.25) is 0 Å². The smallest absolute Gasteiger partial charge is 0.122 e. The minimum Gasteiger partial charge on any atom is -0.492 e. The summed E-state index contributed by atoms with van der Waals surface area (Å²) in [6.07, 6.45) is 0. The van der Waals surface area contributed by atoms with Gasteiger partial charge in [-0.05, 0) is 25.5 Å². The van der Waals surface area contributed by atoms with Crippen LogP contribution in [0.1, 0.15) is 12.5 Å². The van der Waals surface area contributed by atoms with Crippen LogP contribution >= 0.6 is 0 Å². The van der Waals surface area contributed by atoms with E-state index in [4.69, 9.17) is 4.74 Å². The Bertz CT molecular complexity index is 354. The molecule has 0 saturated carbocycles. The molecular weight excluding hydrogens is 212 g/mol. The van der Waals surface area contributed by atoms with Crippen LogP contribution in [0, 0.1) is 6.92 Å². The molecule has 1 aromatic rings. The summed E-state index contributed by atoms with van der Waals surface area (Å²) in [6, 6.07) is 8.79. The van der Waals surface area contributed by atoms with E-state index in [-0.39, 0.29) is 0 Å². The molecule has 2 rings (SSSR count). The Hall–Kier alpha value is -1.06. The van der Waals surface area contributed by atoms with E-state index in [2.05, 4.69) is 30.1 Å². The number of nitrogens with zero attached hydrogens (tertiary/aromatic N) is 1. The largest absolute Gasteiger partial charge is 0.492 e. The van der Waals surface area contributed by atoms with Crippen molar-refractivity contribution in [1.82, 2.24) is 10.2 Å². The SMILES string of the molecule is Cc1ccccc1OCCN1CCN[C@H](C)C1. The normalized spacial score (nSPS) is 21.4. The van der Waals surface area contributed by atoms with Crippen LogP contribution in [-0.4, -0.2) is 43.7 Å². The summed E-state index contributed by atoms with van der Waals surface area (Å²) in [4.78, 5) is 2.46. The summed E-state index contributed by atoms with van der Waals surface area (Å²) in [7, 11) is 0. The second kappa shape index (κ2) is 6.03. The van der Waals surface area contributed by atoms with Gasteiger partial charge in [0.2, 0.25) is 0 Å². The average Bonchev–Trinajstić information content (AvgIpc) is 2.32. The molecule has 0 spiro atoms. The van der Waals surface area contributed by atoms with Crippen molar-refractivity contribution < 1.29 is 4.74 Å². The molecule has 1 atom stereocenters. The van der Waals surface area contributed by atoms with Crippen LogP contribution < -0.4 is 10.1 Å². The molecule has 1 N–H and O–H groups in total. The van der Waals surface area contributed by atoms with Crippen molar-refractivity contribution in [2.75, 3.05) is 32.8 Å². The number of para-hydroxylation sites is 1. The van der Waals surface area contributed by atoms with E-state index in [1.54, 1.807) is 0 Å². The van der Waals surface area contributed by atoms with Gasteiger partial charge >= 0.3 is 0 Å². The van der Waals surface area contributed by atoms with Crippen molar-refractivity contribution >= 4 is 0 Å². The van der Waals surface area contributed by atoms with E-state index in [9.17, 15) is 0 Å². The highest BCUT2D eigenvalue weighted by Crippen LogP contribution is 2.15. The maximum Gasteiger partial charge on any atom is 0.122 e. The summed E-state index contributed by atoms with van der Waals surface area (Å²) in [5, 5.41) is 3.45. The highest BCUT2D eigenvalue weighted by Gasteiger charge is 2.14. The lowest BCUT2D eigenvalue weighted by atomic mass is 10.2. The van der Waals surface area contributed by atoms with Crippen LogP contribution in [0.25, 0.3) is 0 Å². The summed E-state index contributed by atoms with van der Waals surface area (Å²) in [5.74, 6) is 1.01. The first-order valence-electron chi connectivity index (χ1n) is 6.40. The average molecular weight is 234 g/mol. The first-order chi connectivity index (χ1) is 8.25. The standard InChI is InChI=1S/C14H22N2O/c1-12-5-3-4-6-14(12)17-10-9-16-8-7-15-13(2)11-16/h3-6,13,15H,7-11H2,1-2H3/t13-/m1/s1. The zero-order valence-corrected chi connectivity index (χ0v) is 10.8. The molecule has 94 valence electrons. The van der Waals surface area contributed by atoms with Crippen molar-refractivity contribution in [1.29, 1.82) is 0 Å². The van der Waals surface area contributed by atoms with Crippen LogP contribution in [0.4, 0.5) is 0 Å². The predicted molar refractivity (Wildman–Crippen MR) is 70.6 cm³/mol. The van der Waals surface area contributed by atoms with Crippen molar-refractivity contribution in [2.45, 2.75) is 19.9 Å². The topological polar surface area (TPSA) is 24.5 Å². The summed E-state index contributed by atoms with van der Waals surface area (Å²) >= 11 is 0. The molecule has 3 heteroatoms. The van der Waals surface area contributed by atoms with Gasteiger partial charge < -0.3 is 10.1 Å². The molecule has 0 amide bonds. The molecule has 1 aliphatic heterocycles. The summed E-state index contributed by atoms with van der Waals surface area (Å²) in [6.45, 7) is 9.44. The molecule has 1 aromatic carbocycles. The molecule has 1 saturated heterocycles. The molecule has 3 nitrogen and oxygen atoms in total. The predicted octanol–water partition coefficient (Wildman–Crippen LogP) is 1.67. The first-order valence-corrected chi connectivity index (χ1v) is 6.40. The molecule has 17 heavy (non-hydrogen) atoms. The van der Waals surface area contributed by atoms with Gasteiger partial charge in [-0.25, -0.2) is 0 Å². The maximum absolute atomic E-state index is 5.81. The number of rotatable bonds is 4. The fourth-order valence-corrected chi connectivity index (χ4v) is 2.22. The van der Waals surface area contributed by atoms with Gasteiger partial charge in [-0.1, -0.05) is 18.2 Å². The lowest BCUT2D eigenvalue weighted by Crippen LogP contribution is -2.50. The Morgan fingerprint density at radius 3 is 3.00 bits per heavy atom. The Morgan fingerprint density at radius 2 is 2.24 bits per heavy atom. The Kier molecular flexibility index (Phi) is 4.40. The van der Waals surface area contributed by atoms with Gasteiger partial charge in [0.15, 0.2) is 0 Å². The van der Waals surface area contributed by atoms with E-state index in [0.29, 0.717) is 6.04 Å². The molecule has 0 radical (unpaired) electrons. The Labute approximate surface area is 104 Å². The van der Waals surface area contributed by atoms with Crippen LogP contribution in [-0.2, 0) is 0 Å². The van der Waals surface area contributed by atoms with E-state index < -0.39 is 0 Å². The minimum absolute atomic E-state index is 0.599. The Morgan fingerprint density at radius 1 is 1.41 bits per heavy atom. The summed E-state index contributed by atoms with van der Waals surface area (Å²) in [5.41, 5.74) is 1.21. The van der Waals surface area contributed by atoms with Gasteiger partial charge in [0.1, 0.15) is 12.4 Å². The maximum atomic E-state index is 5.81. The first kappa shape index (κ1) is 12.4. The van der Waals surface area contributed by atoms with Crippen molar-refractivity contribution in [3.63, 3.8) is 0 Å². The number of benzene rings is 1. The van der Waals surface area contributed by atoms with E-state index in [1.165, 1.54) is 5.56 Å². The van der Waals surface area contributed by atoms with Gasteiger partial charge in [-0.15, -0.1) is 0 Å². The van der Waals surface area contributed by atoms with Gasteiger partial charge in [0.25, 0.3) is 0 Å². The van der Waals surface area contributed by atoms with E-state index in [1.807, 2.05) is 18.2 Å². The minimum atomic E-state index is 0.599. The monoisotopic (exact) mass is 234 g/mol. The molecule has 0 unspecified atom stereocenters. The molecule has 1 fully saturated rings. The number of hydrogen-bond acceptors (Lipinski definition) is 3. The molecular formula is C14H22N2O. The molecule has 0 aliphatic carbocycles. The molecule has 0 bridgehead atoms. The number of piperazine rings is 1. The summed E-state index contributed by atoms with van der Waals surface area (Å²) < 4.78 is 5.81. The van der Waals surface area contributed by atoms with Gasteiger partial charge in [-0.3, -0.25) is 4.90 Å². The van der Waals surface area contributed by atoms with Gasteiger partial charge in [0.05, 0.1) is 0 Å². The molecule has 1 heterocycles. The molecule has 0 aromatic heterocycles. The number of hydrogen-bond donors (Lipinski definition) is 1. The highest BCUT2D eigenvalue weighted by molar-refractivity contribution is 5.31. The number of aryl methyl sites for hydroxylation is 1. The van der Waals surface area contributed by atoms with Crippen LogP contribution in [0.15, 0.2) is 24.3 Å². The third-order valence-corrected chi connectivity index (χ3v) is 3.21. The lowest BCUT2D eigenvalue weighted by Gasteiger charge is -2.31. The number of ether oxygens (including phenoxy) is 1. The quantitative estimate of drug-likeness (QED) is 0.857. The lowest BCUT2D eigenvalue weighted by molar-refractivity contribution is 0.170. The van der Waals surface area contributed by atoms with Crippen molar-refractivity contribution in [3.05, 3.63) is 29.8 Å². The van der Waals surface area contributed by atoms with Crippen molar-refractivity contribution in [3.8, 4) is 5.75 Å². The third-order valence-electron chi connectivity index (χ3n) is 3.21. The molecule has 1 aliphatic rings.